The fraction of sp³-hybridized carbons (Fsp3) is 0.222. The van der Waals surface area contributed by atoms with Crippen LogP contribution in [0.2, 0.25) is 0 Å². The van der Waals surface area contributed by atoms with Crippen LogP contribution in [0, 0.1) is 5.82 Å². The molecule has 0 amide bonds. The number of fused-ring (bicyclic) bond motifs is 1. The molecule has 0 fully saturated rings. The van der Waals surface area contributed by atoms with E-state index in [1.165, 1.54) is 6.07 Å². The molecule has 1 heterocycles. The maximum Gasteiger partial charge on any atom is 0.139 e. The van der Waals surface area contributed by atoms with E-state index in [2.05, 4.69) is 20.9 Å². The Kier molecular flexibility index (Phi) is 2.07. The van der Waals surface area contributed by atoms with Gasteiger partial charge in [0.05, 0.1) is 21.8 Å². The van der Waals surface area contributed by atoms with Crippen LogP contribution in [0.15, 0.2) is 22.9 Å². The molecular formula is C9H8BrFN2. The summed E-state index contributed by atoms with van der Waals surface area (Å²) in [6.45, 7) is 2.80. The molecule has 13 heavy (non-hydrogen) atoms. The number of benzene rings is 1. The minimum absolute atomic E-state index is 0.247. The molecule has 0 aliphatic rings. The Bertz CT molecular complexity index is 450. The van der Waals surface area contributed by atoms with E-state index in [0.717, 1.165) is 17.6 Å². The molecule has 2 nitrogen and oxygen atoms in total. The zero-order valence-corrected chi connectivity index (χ0v) is 8.68. The van der Waals surface area contributed by atoms with Crippen LogP contribution in [0.1, 0.15) is 6.92 Å². The smallest absolute Gasteiger partial charge is 0.139 e. The van der Waals surface area contributed by atoms with Crippen molar-refractivity contribution in [2.24, 2.45) is 0 Å². The lowest BCUT2D eigenvalue weighted by Crippen LogP contribution is -1.91. The first-order chi connectivity index (χ1) is 6.22. The molecule has 0 radical (unpaired) electrons. The Labute approximate surface area is 83.5 Å². The van der Waals surface area contributed by atoms with Gasteiger partial charge in [0.15, 0.2) is 0 Å². The number of aryl methyl sites for hydroxylation is 1. The molecule has 2 aromatic rings. The van der Waals surface area contributed by atoms with E-state index >= 15 is 0 Å². The third-order valence-corrected chi connectivity index (χ3v) is 2.61. The van der Waals surface area contributed by atoms with Crippen LogP contribution >= 0.6 is 15.9 Å². The molecule has 0 unspecified atom stereocenters. The molecule has 0 saturated carbocycles. The second-order valence-electron chi connectivity index (χ2n) is 2.79. The number of aromatic nitrogens is 2. The second-order valence-corrected chi connectivity index (χ2v) is 3.64. The average Bonchev–Trinajstić information content (AvgIpc) is 2.48. The fourth-order valence-corrected chi connectivity index (χ4v) is 1.64. The third-order valence-electron chi connectivity index (χ3n) is 2.00. The standard InChI is InChI=1S/C9H8BrFN2/c1-2-13-5-12-8-3-6(10)7(11)4-9(8)13/h3-5H,2H2,1H3. The van der Waals surface area contributed by atoms with Gasteiger partial charge in [-0.1, -0.05) is 0 Å². The molecule has 0 aliphatic heterocycles. The van der Waals surface area contributed by atoms with Crippen LogP contribution < -0.4 is 0 Å². The van der Waals surface area contributed by atoms with Gasteiger partial charge in [-0.05, 0) is 28.9 Å². The Morgan fingerprint density at radius 3 is 3.00 bits per heavy atom. The van der Waals surface area contributed by atoms with Gasteiger partial charge in [-0.15, -0.1) is 0 Å². The summed E-state index contributed by atoms with van der Waals surface area (Å²) in [5, 5.41) is 0. The maximum atomic E-state index is 13.2. The highest BCUT2D eigenvalue weighted by atomic mass is 79.9. The highest BCUT2D eigenvalue weighted by molar-refractivity contribution is 9.10. The van der Waals surface area contributed by atoms with E-state index in [-0.39, 0.29) is 5.82 Å². The number of halogens is 2. The minimum atomic E-state index is -0.247. The average molecular weight is 243 g/mol. The zero-order chi connectivity index (χ0) is 9.42. The maximum absolute atomic E-state index is 13.2. The summed E-state index contributed by atoms with van der Waals surface area (Å²) in [7, 11) is 0. The van der Waals surface area contributed by atoms with E-state index in [0.29, 0.717) is 4.47 Å². The van der Waals surface area contributed by atoms with Gasteiger partial charge in [-0.3, -0.25) is 0 Å². The predicted octanol–water partition coefficient (Wildman–Crippen LogP) is 2.96. The van der Waals surface area contributed by atoms with Crippen molar-refractivity contribution in [3.63, 3.8) is 0 Å². The van der Waals surface area contributed by atoms with Crippen molar-refractivity contribution in [3.05, 3.63) is 28.7 Å². The van der Waals surface area contributed by atoms with Gasteiger partial charge in [-0.2, -0.15) is 0 Å². The van der Waals surface area contributed by atoms with E-state index in [1.807, 2.05) is 11.5 Å². The quantitative estimate of drug-likeness (QED) is 0.752. The summed E-state index contributed by atoms with van der Waals surface area (Å²) in [6.07, 6.45) is 1.72. The number of nitrogens with zero attached hydrogens (tertiary/aromatic N) is 2. The van der Waals surface area contributed by atoms with Gasteiger partial charge in [0, 0.05) is 12.6 Å². The topological polar surface area (TPSA) is 17.8 Å². The summed E-state index contributed by atoms with van der Waals surface area (Å²) in [6, 6.07) is 3.19. The molecule has 0 bridgehead atoms. The highest BCUT2D eigenvalue weighted by Gasteiger charge is 2.05. The summed E-state index contributed by atoms with van der Waals surface area (Å²) in [4.78, 5) is 4.16. The number of rotatable bonds is 1. The Balaban J connectivity index is 2.77. The van der Waals surface area contributed by atoms with E-state index < -0.39 is 0 Å². The molecule has 0 spiro atoms. The molecule has 2 rings (SSSR count). The summed E-state index contributed by atoms with van der Waals surface area (Å²) in [5.41, 5.74) is 1.65. The first-order valence-electron chi connectivity index (χ1n) is 4.02. The number of hydrogen-bond donors (Lipinski definition) is 0. The van der Waals surface area contributed by atoms with E-state index in [4.69, 9.17) is 0 Å². The van der Waals surface area contributed by atoms with Crippen molar-refractivity contribution in [2.75, 3.05) is 0 Å². The zero-order valence-electron chi connectivity index (χ0n) is 7.09. The number of hydrogen-bond acceptors (Lipinski definition) is 1. The summed E-state index contributed by atoms with van der Waals surface area (Å²) in [5.74, 6) is -0.247. The van der Waals surface area contributed by atoms with Crippen LogP contribution in [0.5, 0.6) is 0 Å². The lowest BCUT2D eigenvalue weighted by atomic mass is 10.3. The summed E-state index contributed by atoms with van der Waals surface area (Å²) < 4.78 is 15.5. The van der Waals surface area contributed by atoms with E-state index in [9.17, 15) is 4.39 Å². The summed E-state index contributed by atoms with van der Waals surface area (Å²) >= 11 is 3.12. The van der Waals surface area contributed by atoms with Gasteiger partial charge in [0.25, 0.3) is 0 Å². The monoisotopic (exact) mass is 242 g/mol. The first kappa shape index (κ1) is 8.69. The van der Waals surface area contributed by atoms with Crippen molar-refractivity contribution >= 4 is 27.0 Å². The molecule has 4 heteroatoms. The lowest BCUT2D eigenvalue weighted by Gasteiger charge is -1.99. The van der Waals surface area contributed by atoms with Crippen molar-refractivity contribution < 1.29 is 4.39 Å². The van der Waals surface area contributed by atoms with Crippen LogP contribution in [0.4, 0.5) is 4.39 Å². The predicted molar refractivity (Wildman–Crippen MR) is 53.1 cm³/mol. The Morgan fingerprint density at radius 1 is 1.54 bits per heavy atom. The van der Waals surface area contributed by atoms with Gasteiger partial charge >= 0.3 is 0 Å². The minimum Gasteiger partial charge on any atom is -0.331 e. The fourth-order valence-electron chi connectivity index (χ4n) is 1.31. The van der Waals surface area contributed by atoms with Crippen molar-refractivity contribution in [1.82, 2.24) is 9.55 Å². The van der Waals surface area contributed by atoms with Crippen LogP contribution in [0.25, 0.3) is 11.0 Å². The lowest BCUT2D eigenvalue weighted by molar-refractivity contribution is 0.621. The molecule has 0 saturated heterocycles. The first-order valence-corrected chi connectivity index (χ1v) is 4.81. The largest absolute Gasteiger partial charge is 0.331 e. The van der Waals surface area contributed by atoms with Crippen LogP contribution in [-0.2, 0) is 6.54 Å². The number of imidazole rings is 1. The third kappa shape index (κ3) is 1.35. The van der Waals surface area contributed by atoms with E-state index in [1.54, 1.807) is 12.4 Å². The van der Waals surface area contributed by atoms with Crippen molar-refractivity contribution in [2.45, 2.75) is 13.5 Å². The van der Waals surface area contributed by atoms with Gasteiger partial charge in [-0.25, -0.2) is 9.37 Å². The SMILES string of the molecule is CCn1cnc2cc(Br)c(F)cc21. The van der Waals surface area contributed by atoms with Crippen molar-refractivity contribution in [3.8, 4) is 0 Å². The molecular weight excluding hydrogens is 235 g/mol. The molecule has 0 aliphatic carbocycles. The molecule has 68 valence electrons. The van der Waals surface area contributed by atoms with Crippen molar-refractivity contribution in [1.29, 1.82) is 0 Å². The van der Waals surface area contributed by atoms with Gasteiger partial charge in [0.1, 0.15) is 5.82 Å². The normalized spacial score (nSPS) is 11.0. The second kappa shape index (κ2) is 3.10. The van der Waals surface area contributed by atoms with Crippen LogP contribution in [0.3, 0.4) is 0 Å². The van der Waals surface area contributed by atoms with Gasteiger partial charge < -0.3 is 4.57 Å². The van der Waals surface area contributed by atoms with Gasteiger partial charge in [0.2, 0.25) is 0 Å². The molecule has 0 N–H and O–H groups in total. The van der Waals surface area contributed by atoms with Crippen LogP contribution in [-0.4, -0.2) is 9.55 Å². The highest BCUT2D eigenvalue weighted by Crippen LogP contribution is 2.22. The Morgan fingerprint density at radius 2 is 2.31 bits per heavy atom. The molecule has 0 atom stereocenters. The Hall–Kier alpha value is -0.900. The molecule has 1 aromatic heterocycles. The molecule has 1 aromatic carbocycles.